The zero-order valence-electron chi connectivity index (χ0n) is 15.6. The summed E-state index contributed by atoms with van der Waals surface area (Å²) in [6.07, 6.45) is 1.77. The molecule has 0 bridgehead atoms. The average Bonchev–Trinajstić information content (AvgIpc) is 2.70. The van der Waals surface area contributed by atoms with Gasteiger partial charge < -0.3 is 10.6 Å². The van der Waals surface area contributed by atoms with Crippen LogP contribution in [0.15, 0.2) is 72.9 Å². The number of carbonyl (C=O) groups excluding carboxylic acids is 2. The number of amides is 2. The molecule has 6 nitrogen and oxygen atoms in total. The van der Waals surface area contributed by atoms with Crippen molar-refractivity contribution in [2.75, 3.05) is 17.2 Å². The van der Waals surface area contributed by atoms with E-state index in [1.165, 1.54) is 6.20 Å². The van der Waals surface area contributed by atoms with Crippen molar-refractivity contribution in [3.63, 3.8) is 0 Å². The lowest BCUT2D eigenvalue weighted by molar-refractivity contribution is 0.0993. The van der Waals surface area contributed by atoms with E-state index in [-0.39, 0.29) is 18.2 Å². The van der Waals surface area contributed by atoms with E-state index in [0.717, 1.165) is 11.3 Å². The minimum Gasteiger partial charge on any atom is -0.355 e. The lowest BCUT2D eigenvalue weighted by Gasteiger charge is -2.14. The number of pyridine rings is 1. The minimum absolute atomic E-state index is 0.0540. The average molecular weight is 374 g/mol. The summed E-state index contributed by atoms with van der Waals surface area (Å²) in [4.78, 5) is 28.9. The molecule has 2 amide bonds. The van der Waals surface area contributed by atoms with Gasteiger partial charge in [0.15, 0.2) is 5.78 Å². The van der Waals surface area contributed by atoms with E-state index in [0.29, 0.717) is 23.6 Å². The first-order chi connectivity index (χ1) is 13.7. The molecule has 0 saturated heterocycles. The molecule has 1 aromatic heterocycles. The van der Waals surface area contributed by atoms with Crippen molar-refractivity contribution in [1.82, 2.24) is 10.3 Å². The van der Waals surface area contributed by atoms with Crippen molar-refractivity contribution in [2.45, 2.75) is 13.3 Å². The minimum atomic E-state index is -0.343. The highest BCUT2D eigenvalue weighted by molar-refractivity contribution is 6.03. The van der Waals surface area contributed by atoms with Gasteiger partial charge >= 0.3 is 6.03 Å². The first kappa shape index (κ1) is 19.1. The van der Waals surface area contributed by atoms with Gasteiger partial charge in [-0.2, -0.15) is 0 Å². The van der Waals surface area contributed by atoms with Crippen LogP contribution >= 0.6 is 0 Å². The SMILES string of the molecule is CCNC(=O)Nc1cc(Nc2ccccc2)c(C(=O)Cc2ccccc2)cn1. The van der Waals surface area contributed by atoms with Crippen LogP contribution < -0.4 is 16.0 Å². The van der Waals surface area contributed by atoms with Crippen LogP contribution in [0, 0.1) is 0 Å². The van der Waals surface area contributed by atoms with Crippen LogP contribution in [0.25, 0.3) is 0 Å². The van der Waals surface area contributed by atoms with Crippen molar-refractivity contribution < 1.29 is 9.59 Å². The smallest absolute Gasteiger partial charge is 0.320 e. The summed E-state index contributed by atoms with van der Waals surface area (Å²) in [5, 5.41) is 8.58. The fourth-order valence-corrected chi connectivity index (χ4v) is 2.72. The molecule has 0 unspecified atom stereocenters. The number of benzene rings is 2. The van der Waals surface area contributed by atoms with Gasteiger partial charge in [-0.25, -0.2) is 9.78 Å². The fourth-order valence-electron chi connectivity index (χ4n) is 2.72. The van der Waals surface area contributed by atoms with E-state index >= 15 is 0 Å². The molecule has 0 aliphatic heterocycles. The number of nitrogens with zero attached hydrogens (tertiary/aromatic N) is 1. The summed E-state index contributed by atoms with van der Waals surface area (Å²) >= 11 is 0. The second kappa shape index (κ2) is 9.32. The third kappa shape index (κ3) is 5.17. The molecule has 142 valence electrons. The highest BCUT2D eigenvalue weighted by atomic mass is 16.2. The Morgan fingerprint density at radius 1 is 0.964 bits per heavy atom. The quantitative estimate of drug-likeness (QED) is 0.536. The Balaban J connectivity index is 1.88. The second-order valence-corrected chi connectivity index (χ2v) is 6.18. The number of hydrogen-bond acceptors (Lipinski definition) is 4. The van der Waals surface area contributed by atoms with Gasteiger partial charge in [-0.1, -0.05) is 48.5 Å². The molecule has 6 heteroatoms. The monoisotopic (exact) mass is 374 g/mol. The van der Waals surface area contributed by atoms with Crippen LogP contribution in [0.5, 0.6) is 0 Å². The number of nitrogens with one attached hydrogen (secondary N) is 3. The normalized spacial score (nSPS) is 10.2. The number of aromatic nitrogens is 1. The molecule has 0 radical (unpaired) electrons. The standard InChI is InChI=1S/C22H22N4O2/c1-2-23-22(28)26-21-14-19(25-17-11-7-4-8-12-17)18(15-24-21)20(27)13-16-9-5-3-6-10-16/h3-12,14-15H,2,13H2,1H3,(H3,23,24,25,26,28). The number of Topliss-reactive ketones (excluding diaryl/α,β-unsaturated/α-hetero) is 1. The number of rotatable bonds is 7. The van der Waals surface area contributed by atoms with Crippen LogP contribution in [0.2, 0.25) is 0 Å². The van der Waals surface area contributed by atoms with Crippen molar-refractivity contribution in [1.29, 1.82) is 0 Å². The molecule has 28 heavy (non-hydrogen) atoms. The van der Waals surface area contributed by atoms with Crippen LogP contribution in [-0.2, 0) is 6.42 Å². The summed E-state index contributed by atoms with van der Waals surface area (Å²) in [5.41, 5.74) is 2.83. The third-order valence-corrected chi connectivity index (χ3v) is 4.04. The van der Waals surface area contributed by atoms with Crippen LogP contribution in [-0.4, -0.2) is 23.3 Å². The fraction of sp³-hybridized carbons (Fsp3) is 0.136. The molecule has 0 aliphatic carbocycles. The van der Waals surface area contributed by atoms with E-state index in [1.54, 1.807) is 6.07 Å². The van der Waals surface area contributed by atoms with Gasteiger partial charge in [-0.15, -0.1) is 0 Å². The predicted molar refractivity (Wildman–Crippen MR) is 111 cm³/mol. The predicted octanol–water partition coefficient (Wildman–Crippen LogP) is 4.39. The number of urea groups is 1. The molecular formula is C22H22N4O2. The Labute approximate surface area is 164 Å². The lowest BCUT2D eigenvalue weighted by atomic mass is 10.0. The van der Waals surface area contributed by atoms with Crippen molar-refractivity contribution >= 4 is 29.0 Å². The van der Waals surface area contributed by atoms with Crippen LogP contribution in [0.1, 0.15) is 22.8 Å². The third-order valence-electron chi connectivity index (χ3n) is 4.04. The molecule has 0 atom stereocenters. The number of para-hydroxylation sites is 1. The molecule has 3 N–H and O–H groups in total. The molecule has 0 aliphatic rings. The van der Waals surface area contributed by atoms with Crippen molar-refractivity contribution in [2.24, 2.45) is 0 Å². The van der Waals surface area contributed by atoms with Crippen LogP contribution in [0.4, 0.5) is 22.0 Å². The highest BCUT2D eigenvalue weighted by Gasteiger charge is 2.15. The highest BCUT2D eigenvalue weighted by Crippen LogP contribution is 2.24. The molecule has 1 heterocycles. The molecule has 0 saturated carbocycles. The summed E-state index contributed by atoms with van der Waals surface area (Å²) < 4.78 is 0. The lowest BCUT2D eigenvalue weighted by Crippen LogP contribution is -2.28. The molecule has 3 rings (SSSR count). The van der Waals surface area contributed by atoms with E-state index in [2.05, 4.69) is 20.9 Å². The molecule has 3 aromatic rings. The maximum Gasteiger partial charge on any atom is 0.320 e. The van der Waals surface area contributed by atoms with Gasteiger partial charge in [0.05, 0.1) is 11.3 Å². The summed E-state index contributed by atoms with van der Waals surface area (Å²) in [6.45, 7) is 2.34. The van der Waals surface area contributed by atoms with E-state index in [4.69, 9.17) is 0 Å². The van der Waals surface area contributed by atoms with E-state index < -0.39 is 0 Å². The van der Waals surface area contributed by atoms with Gasteiger partial charge in [0.25, 0.3) is 0 Å². The molecule has 0 fully saturated rings. The van der Waals surface area contributed by atoms with Crippen LogP contribution in [0.3, 0.4) is 0 Å². The Morgan fingerprint density at radius 3 is 2.32 bits per heavy atom. The van der Waals surface area contributed by atoms with E-state index in [1.807, 2.05) is 67.6 Å². The maximum atomic E-state index is 12.9. The van der Waals surface area contributed by atoms with Crippen molar-refractivity contribution in [3.05, 3.63) is 84.1 Å². The Morgan fingerprint density at radius 2 is 1.64 bits per heavy atom. The second-order valence-electron chi connectivity index (χ2n) is 6.18. The first-order valence-electron chi connectivity index (χ1n) is 9.10. The largest absolute Gasteiger partial charge is 0.355 e. The summed E-state index contributed by atoms with van der Waals surface area (Å²) in [6, 6.07) is 20.4. The Hall–Kier alpha value is -3.67. The Bertz CT molecular complexity index is 943. The molecule has 0 spiro atoms. The van der Waals surface area contributed by atoms with Gasteiger partial charge in [0.1, 0.15) is 5.82 Å². The van der Waals surface area contributed by atoms with Gasteiger partial charge in [-0.3, -0.25) is 10.1 Å². The van der Waals surface area contributed by atoms with E-state index in [9.17, 15) is 9.59 Å². The topological polar surface area (TPSA) is 83.1 Å². The number of anilines is 3. The summed E-state index contributed by atoms with van der Waals surface area (Å²) in [7, 11) is 0. The molecule has 2 aromatic carbocycles. The number of carbonyl (C=O) groups is 2. The molecular weight excluding hydrogens is 352 g/mol. The number of hydrogen-bond donors (Lipinski definition) is 3. The van der Waals surface area contributed by atoms with Gasteiger partial charge in [-0.05, 0) is 24.6 Å². The van der Waals surface area contributed by atoms with Gasteiger partial charge in [0, 0.05) is 30.9 Å². The van der Waals surface area contributed by atoms with Gasteiger partial charge in [0.2, 0.25) is 0 Å². The maximum absolute atomic E-state index is 12.9. The zero-order chi connectivity index (χ0) is 19.8. The summed E-state index contributed by atoms with van der Waals surface area (Å²) in [5.74, 6) is 0.308. The zero-order valence-corrected chi connectivity index (χ0v) is 15.6. The number of ketones is 1. The first-order valence-corrected chi connectivity index (χ1v) is 9.10. The van der Waals surface area contributed by atoms with Crippen molar-refractivity contribution in [3.8, 4) is 0 Å². The Kier molecular flexibility index (Phi) is 6.36.